The predicted octanol–water partition coefficient (Wildman–Crippen LogP) is 6.64. The summed E-state index contributed by atoms with van der Waals surface area (Å²) in [6.07, 6.45) is 1.52. The van der Waals surface area contributed by atoms with E-state index in [2.05, 4.69) is 31.0 Å². The Labute approximate surface area is 167 Å². The van der Waals surface area contributed by atoms with Gasteiger partial charge in [0.15, 0.2) is 0 Å². The molecule has 0 aliphatic carbocycles. The molecule has 0 fully saturated rings. The van der Waals surface area contributed by atoms with Gasteiger partial charge in [-0.2, -0.15) is 0 Å². The number of aromatic nitrogens is 2. The SMILES string of the molecule is [2H]C([2H])([2H])c1ccnc(-c2cccc3c2oc2nc(-c4c(C)cccc4C)ccc23)c1. The van der Waals surface area contributed by atoms with Crippen molar-refractivity contribution in [1.82, 2.24) is 9.97 Å². The van der Waals surface area contributed by atoms with Crippen LogP contribution in [0.3, 0.4) is 0 Å². The number of fused-ring (bicyclic) bond motifs is 3. The van der Waals surface area contributed by atoms with Crippen LogP contribution in [0.4, 0.5) is 0 Å². The molecule has 3 heterocycles. The molecule has 0 unspecified atom stereocenters. The van der Waals surface area contributed by atoms with Crippen molar-refractivity contribution in [3.8, 4) is 22.5 Å². The first-order valence-electron chi connectivity index (χ1n) is 10.7. The Morgan fingerprint density at radius 1 is 0.857 bits per heavy atom. The van der Waals surface area contributed by atoms with Gasteiger partial charge in [-0.1, -0.05) is 30.3 Å². The highest BCUT2D eigenvalue weighted by atomic mass is 16.3. The zero-order valence-corrected chi connectivity index (χ0v) is 15.7. The van der Waals surface area contributed by atoms with Crippen LogP contribution in [0.15, 0.2) is 71.3 Å². The van der Waals surface area contributed by atoms with E-state index in [4.69, 9.17) is 13.5 Å². The molecule has 3 aromatic heterocycles. The van der Waals surface area contributed by atoms with E-state index in [0.29, 0.717) is 17.0 Å². The molecular formula is C25H20N2O. The van der Waals surface area contributed by atoms with Gasteiger partial charge in [-0.15, -0.1) is 0 Å². The van der Waals surface area contributed by atoms with Gasteiger partial charge in [0.25, 0.3) is 0 Å². The molecule has 0 saturated heterocycles. The number of aryl methyl sites for hydroxylation is 3. The molecule has 3 heteroatoms. The Bertz CT molecular complexity index is 1430. The minimum atomic E-state index is -2.19. The van der Waals surface area contributed by atoms with Crippen molar-refractivity contribution < 1.29 is 8.53 Å². The van der Waals surface area contributed by atoms with Crippen molar-refractivity contribution in [2.24, 2.45) is 0 Å². The van der Waals surface area contributed by atoms with Gasteiger partial charge in [0.1, 0.15) is 5.58 Å². The summed E-state index contributed by atoms with van der Waals surface area (Å²) < 4.78 is 29.3. The number of furan rings is 1. The number of para-hydroxylation sites is 1. The van der Waals surface area contributed by atoms with Crippen LogP contribution in [0.25, 0.3) is 44.6 Å². The summed E-state index contributed by atoms with van der Waals surface area (Å²) in [7, 11) is 0. The highest BCUT2D eigenvalue weighted by Gasteiger charge is 2.15. The van der Waals surface area contributed by atoms with E-state index in [9.17, 15) is 0 Å². The average molecular weight is 367 g/mol. The standard InChI is InChI=1S/C25H20N2O/c1-15-12-13-26-22(14-15)20-9-5-8-18-19-10-11-21(27-25(19)28-24(18)20)23-16(2)6-4-7-17(23)3/h4-14H,1-3H3/i1D3. The number of benzene rings is 2. The lowest BCUT2D eigenvalue weighted by atomic mass is 9.99. The Kier molecular flexibility index (Phi) is 3.08. The molecule has 0 aliphatic rings. The Balaban J connectivity index is 1.71. The van der Waals surface area contributed by atoms with Crippen molar-refractivity contribution in [2.75, 3.05) is 0 Å². The lowest BCUT2D eigenvalue weighted by molar-refractivity contribution is 0.655. The highest BCUT2D eigenvalue weighted by Crippen LogP contribution is 2.36. The summed E-state index contributed by atoms with van der Waals surface area (Å²) in [6.45, 7) is 1.96. The van der Waals surface area contributed by atoms with Gasteiger partial charge in [-0.25, -0.2) is 4.98 Å². The number of rotatable bonds is 2. The molecule has 136 valence electrons. The summed E-state index contributed by atoms with van der Waals surface area (Å²) in [5.74, 6) is 0. The zero-order valence-electron chi connectivity index (χ0n) is 18.7. The van der Waals surface area contributed by atoms with E-state index in [0.717, 1.165) is 38.7 Å². The number of pyridine rings is 2. The van der Waals surface area contributed by atoms with Crippen molar-refractivity contribution >= 4 is 22.1 Å². The van der Waals surface area contributed by atoms with Gasteiger partial charge in [0.2, 0.25) is 5.71 Å². The molecule has 5 rings (SSSR count). The fraction of sp³-hybridized carbons (Fsp3) is 0.120. The molecule has 28 heavy (non-hydrogen) atoms. The van der Waals surface area contributed by atoms with Crippen LogP contribution in [-0.2, 0) is 0 Å². The van der Waals surface area contributed by atoms with Crippen LogP contribution < -0.4 is 0 Å². The van der Waals surface area contributed by atoms with Crippen LogP contribution in [0.2, 0.25) is 0 Å². The van der Waals surface area contributed by atoms with E-state index in [1.54, 1.807) is 6.07 Å². The van der Waals surface area contributed by atoms with Crippen molar-refractivity contribution in [2.45, 2.75) is 20.7 Å². The Morgan fingerprint density at radius 2 is 1.68 bits per heavy atom. The smallest absolute Gasteiger partial charge is 0.227 e. The highest BCUT2D eigenvalue weighted by molar-refractivity contribution is 6.08. The summed E-state index contributed by atoms with van der Waals surface area (Å²) in [4.78, 5) is 9.22. The predicted molar refractivity (Wildman–Crippen MR) is 114 cm³/mol. The molecule has 0 amide bonds. The summed E-state index contributed by atoms with van der Waals surface area (Å²) in [6, 6.07) is 19.2. The van der Waals surface area contributed by atoms with Crippen molar-refractivity contribution in [1.29, 1.82) is 0 Å². The second-order valence-corrected chi connectivity index (χ2v) is 7.03. The molecule has 0 saturated carbocycles. The van der Waals surface area contributed by atoms with Crippen LogP contribution in [-0.4, -0.2) is 9.97 Å². The second-order valence-electron chi connectivity index (χ2n) is 7.03. The number of hydrogen-bond acceptors (Lipinski definition) is 3. The molecule has 0 radical (unpaired) electrons. The van der Waals surface area contributed by atoms with E-state index >= 15 is 0 Å². The molecule has 0 spiro atoms. The third-order valence-electron chi connectivity index (χ3n) is 5.14. The largest absolute Gasteiger partial charge is 0.437 e. The zero-order chi connectivity index (χ0) is 21.8. The first-order chi connectivity index (χ1) is 14.8. The normalized spacial score (nSPS) is 13.4. The van der Waals surface area contributed by atoms with Gasteiger partial charge < -0.3 is 4.42 Å². The minimum Gasteiger partial charge on any atom is -0.437 e. The van der Waals surface area contributed by atoms with Crippen LogP contribution in [0.5, 0.6) is 0 Å². The third kappa shape index (κ3) is 2.59. The van der Waals surface area contributed by atoms with E-state index in [1.165, 1.54) is 12.3 Å². The lowest BCUT2D eigenvalue weighted by Gasteiger charge is -2.08. The Morgan fingerprint density at radius 3 is 2.50 bits per heavy atom. The third-order valence-corrected chi connectivity index (χ3v) is 5.14. The van der Waals surface area contributed by atoms with Gasteiger partial charge in [-0.05, 0) is 67.7 Å². The molecule has 2 aromatic carbocycles. The molecule has 3 nitrogen and oxygen atoms in total. The molecule has 0 atom stereocenters. The number of nitrogens with zero attached hydrogens (tertiary/aromatic N) is 2. The van der Waals surface area contributed by atoms with Gasteiger partial charge >= 0.3 is 0 Å². The summed E-state index contributed by atoms with van der Waals surface area (Å²) >= 11 is 0. The molecule has 0 aliphatic heterocycles. The maximum atomic E-state index is 7.69. The molecular weight excluding hydrogens is 344 g/mol. The van der Waals surface area contributed by atoms with Crippen molar-refractivity contribution in [3.05, 3.63) is 83.6 Å². The van der Waals surface area contributed by atoms with Crippen LogP contribution in [0, 0.1) is 20.7 Å². The fourth-order valence-corrected chi connectivity index (χ4v) is 3.82. The van der Waals surface area contributed by atoms with Gasteiger partial charge in [-0.3, -0.25) is 4.98 Å². The van der Waals surface area contributed by atoms with E-state index in [-0.39, 0.29) is 5.56 Å². The lowest BCUT2D eigenvalue weighted by Crippen LogP contribution is -1.90. The first kappa shape index (κ1) is 13.7. The van der Waals surface area contributed by atoms with E-state index in [1.807, 2.05) is 36.4 Å². The maximum Gasteiger partial charge on any atom is 0.227 e. The average Bonchev–Trinajstić information content (AvgIpc) is 3.11. The monoisotopic (exact) mass is 367 g/mol. The topological polar surface area (TPSA) is 38.9 Å². The fourth-order valence-electron chi connectivity index (χ4n) is 3.82. The molecule has 5 aromatic rings. The quantitative estimate of drug-likeness (QED) is 0.351. The van der Waals surface area contributed by atoms with E-state index < -0.39 is 6.85 Å². The van der Waals surface area contributed by atoms with Gasteiger partial charge in [0.05, 0.1) is 11.4 Å². The minimum absolute atomic E-state index is 0.251. The summed E-state index contributed by atoms with van der Waals surface area (Å²) in [5.41, 5.74) is 7.06. The van der Waals surface area contributed by atoms with Crippen molar-refractivity contribution in [3.63, 3.8) is 0 Å². The number of hydrogen-bond donors (Lipinski definition) is 0. The Hall–Kier alpha value is -3.46. The van der Waals surface area contributed by atoms with Crippen LogP contribution >= 0.6 is 0 Å². The van der Waals surface area contributed by atoms with Crippen LogP contribution in [0.1, 0.15) is 20.8 Å². The maximum absolute atomic E-state index is 7.69. The molecule has 0 N–H and O–H groups in total. The van der Waals surface area contributed by atoms with Gasteiger partial charge in [0, 0.05) is 32.2 Å². The molecule has 0 bridgehead atoms. The summed E-state index contributed by atoms with van der Waals surface area (Å²) in [5, 5.41) is 1.84. The first-order valence-corrected chi connectivity index (χ1v) is 9.19. The second kappa shape index (κ2) is 6.31.